The number of Topliss-reactive ketones (excluding diaryl/α,β-unsaturated/α-hetero) is 1. The van der Waals surface area contributed by atoms with Crippen LogP contribution in [0.1, 0.15) is 47.5 Å². The molecule has 2 aliphatic heterocycles. The number of allylic oxidation sites excluding steroid dienone is 2. The molecule has 3 aliphatic rings. The van der Waals surface area contributed by atoms with Gasteiger partial charge in [0.25, 0.3) is 0 Å². The SMILES string of the molecule is N#CC1c2nc(=N)c3ccccc3n2C2=C(C(=O)C[C@H](c3ccccc3)C2)C1c1ccc2c(c1)OCO2. The van der Waals surface area contributed by atoms with Gasteiger partial charge < -0.3 is 9.47 Å². The van der Waals surface area contributed by atoms with Crippen molar-refractivity contribution in [2.45, 2.75) is 30.6 Å². The maximum Gasteiger partial charge on any atom is 0.231 e. The lowest BCUT2D eigenvalue weighted by atomic mass is 9.70. The van der Waals surface area contributed by atoms with Gasteiger partial charge in [-0.2, -0.15) is 5.26 Å². The van der Waals surface area contributed by atoms with E-state index in [9.17, 15) is 10.1 Å². The van der Waals surface area contributed by atoms with Crippen LogP contribution >= 0.6 is 0 Å². The standard InChI is InChI=1S/C30H22N4O3/c31-15-21-27(18-10-11-25-26(14-18)37-16-36-25)28-23(12-19(13-24(28)35)17-6-2-1-3-7-17)34-22-9-5-4-8-20(22)29(32)33-30(21)34/h1-11,14,19,21,27,32H,12-13,16H2/t19-,21?,27?/m1/s1. The summed E-state index contributed by atoms with van der Waals surface area (Å²) < 4.78 is 13.1. The fourth-order valence-corrected chi connectivity index (χ4v) is 6.06. The number of ketones is 1. The molecule has 7 nitrogen and oxygen atoms in total. The molecule has 0 fully saturated rings. The topological polar surface area (TPSA) is 101 Å². The average molecular weight is 487 g/mol. The van der Waals surface area contributed by atoms with Crippen LogP contribution in [0.2, 0.25) is 0 Å². The largest absolute Gasteiger partial charge is 0.454 e. The summed E-state index contributed by atoms with van der Waals surface area (Å²) in [5.74, 6) is 0.529. The van der Waals surface area contributed by atoms with Crippen LogP contribution in [0.3, 0.4) is 0 Å². The zero-order chi connectivity index (χ0) is 25.1. The van der Waals surface area contributed by atoms with E-state index in [2.05, 4.69) is 23.2 Å². The number of carbonyl (C=O) groups excluding carboxylic acids is 1. The molecule has 0 radical (unpaired) electrons. The Morgan fingerprint density at radius 3 is 2.57 bits per heavy atom. The average Bonchev–Trinajstić information content (AvgIpc) is 3.41. The van der Waals surface area contributed by atoms with Gasteiger partial charge >= 0.3 is 0 Å². The van der Waals surface area contributed by atoms with Gasteiger partial charge in [-0.05, 0) is 47.7 Å². The summed E-state index contributed by atoms with van der Waals surface area (Å²) in [6, 6.07) is 25.7. The van der Waals surface area contributed by atoms with Crippen molar-refractivity contribution < 1.29 is 14.3 Å². The highest BCUT2D eigenvalue weighted by Crippen LogP contribution is 2.52. The third kappa shape index (κ3) is 3.22. The molecule has 0 saturated heterocycles. The monoisotopic (exact) mass is 486 g/mol. The summed E-state index contributed by atoms with van der Waals surface area (Å²) in [7, 11) is 0. The molecule has 180 valence electrons. The summed E-state index contributed by atoms with van der Waals surface area (Å²) in [5.41, 5.74) is 4.34. The number of nitrogens with zero attached hydrogens (tertiary/aromatic N) is 3. The summed E-state index contributed by atoms with van der Waals surface area (Å²) in [4.78, 5) is 18.7. The molecule has 3 heterocycles. The Kier molecular flexibility index (Phi) is 4.76. The van der Waals surface area contributed by atoms with Crippen molar-refractivity contribution in [3.8, 4) is 17.6 Å². The number of hydrogen-bond donors (Lipinski definition) is 1. The van der Waals surface area contributed by atoms with Gasteiger partial charge in [-0.15, -0.1) is 0 Å². The summed E-state index contributed by atoms with van der Waals surface area (Å²) in [5, 5.41) is 19.8. The second-order valence-corrected chi connectivity index (χ2v) is 9.67. The molecule has 0 spiro atoms. The van der Waals surface area contributed by atoms with Crippen molar-refractivity contribution in [3.05, 3.63) is 101 Å². The number of hydrogen-bond acceptors (Lipinski definition) is 6. The molecule has 1 aromatic heterocycles. The molecule has 1 aliphatic carbocycles. The van der Waals surface area contributed by atoms with Gasteiger partial charge in [0.1, 0.15) is 11.7 Å². The van der Waals surface area contributed by atoms with Gasteiger partial charge in [-0.25, -0.2) is 4.98 Å². The molecule has 1 N–H and O–H groups in total. The zero-order valence-corrected chi connectivity index (χ0v) is 19.8. The van der Waals surface area contributed by atoms with Crippen LogP contribution in [0.4, 0.5) is 0 Å². The first-order chi connectivity index (χ1) is 18.1. The van der Waals surface area contributed by atoms with E-state index in [4.69, 9.17) is 14.9 Å². The van der Waals surface area contributed by atoms with E-state index in [-0.39, 0.29) is 24.0 Å². The van der Waals surface area contributed by atoms with E-state index in [1.807, 2.05) is 65.2 Å². The molecular weight excluding hydrogens is 464 g/mol. The number of para-hydroxylation sites is 1. The maximum absolute atomic E-state index is 14.0. The van der Waals surface area contributed by atoms with Crippen molar-refractivity contribution in [3.63, 3.8) is 0 Å². The third-order valence-corrected chi connectivity index (χ3v) is 7.70. The van der Waals surface area contributed by atoms with E-state index >= 15 is 0 Å². The Hall–Kier alpha value is -4.70. The van der Waals surface area contributed by atoms with Crippen LogP contribution in [0.15, 0.2) is 78.4 Å². The Bertz CT molecular complexity index is 1730. The first kappa shape index (κ1) is 21.6. The maximum atomic E-state index is 14.0. The van der Waals surface area contributed by atoms with E-state index in [0.717, 1.165) is 22.3 Å². The van der Waals surface area contributed by atoms with Crippen LogP contribution in [-0.4, -0.2) is 22.1 Å². The normalized spacial score (nSPS) is 21.9. The lowest BCUT2D eigenvalue weighted by Crippen LogP contribution is -2.35. The second-order valence-electron chi connectivity index (χ2n) is 9.67. The number of nitrogens with one attached hydrogen (secondary N) is 1. The number of carbonyl (C=O) groups is 1. The Balaban J connectivity index is 1.52. The minimum absolute atomic E-state index is 0.0123. The number of rotatable bonds is 2. The predicted molar refractivity (Wildman–Crippen MR) is 136 cm³/mol. The fourth-order valence-electron chi connectivity index (χ4n) is 6.06. The fraction of sp³-hybridized carbons (Fsp3) is 0.200. The van der Waals surface area contributed by atoms with Crippen molar-refractivity contribution in [2.24, 2.45) is 0 Å². The molecule has 0 amide bonds. The molecule has 4 aromatic rings. The van der Waals surface area contributed by atoms with Gasteiger partial charge in [0, 0.05) is 29.0 Å². The molecule has 3 aromatic carbocycles. The minimum atomic E-state index is -0.745. The van der Waals surface area contributed by atoms with Crippen molar-refractivity contribution in [2.75, 3.05) is 6.79 Å². The highest BCUT2D eigenvalue weighted by molar-refractivity contribution is 6.05. The second kappa shape index (κ2) is 8.17. The molecule has 0 bridgehead atoms. The molecule has 2 unspecified atom stereocenters. The van der Waals surface area contributed by atoms with Gasteiger partial charge in [0.05, 0.1) is 11.6 Å². The number of aromatic nitrogens is 2. The van der Waals surface area contributed by atoms with E-state index in [1.165, 1.54) is 0 Å². The zero-order valence-electron chi connectivity index (χ0n) is 19.8. The van der Waals surface area contributed by atoms with E-state index in [0.29, 0.717) is 41.1 Å². The van der Waals surface area contributed by atoms with Gasteiger partial charge in [0.2, 0.25) is 6.79 Å². The van der Waals surface area contributed by atoms with Crippen molar-refractivity contribution >= 4 is 22.4 Å². The molecule has 0 saturated carbocycles. The smallest absolute Gasteiger partial charge is 0.231 e. The number of benzene rings is 3. The highest BCUT2D eigenvalue weighted by atomic mass is 16.7. The van der Waals surface area contributed by atoms with Crippen LogP contribution in [0, 0.1) is 16.7 Å². The number of fused-ring (bicyclic) bond motifs is 5. The quantitative estimate of drug-likeness (QED) is 0.429. The van der Waals surface area contributed by atoms with Crippen molar-refractivity contribution in [1.29, 1.82) is 10.7 Å². The van der Waals surface area contributed by atoms with E-state index in [1.54, 1.807) is 0 Å². The summed E-state index contributed by atoms with van der Waals surface area (Å²) >= 11 is 0. The molecule has 7 rings (SSSR count). The van der Waals surface area contributed by atoms with Crippen LogP contribution in [0.5, 0.6) is 11.5 Å². The number of nitriles is 1. The first-order valence-electron chi connectivity index (χ1n) is 12.3. The minimum Gasteiger partial charge on any atom is -0.454 e. The van der Waals surface area contributed by atoms with Crippen LogP contribution in [-0.2, 0) is 4.79 Å². The van der Waals surface area contributed by atoms with E-state index < -0.39 is 11.8 Å². The molecule has 37 heavy (non-hydrogen) atoms. The Labute approximate surface area is 212 Å². The number of ether oxygens (including phenoxy) is 2. The molecule has 3 atom stereocenters. The van der Waals surface area contributed by atoms with Gasteiger partial charge in [0.15, 0.2) is 22.8 Å². The first-order valence-corrected chi connectivity index (χ1v) is 12.3. The molecular formula is C30H22N4O3. The van der Waals surface area contributed by atoms with Crippen LogP contribution in [0.25, 0.3) is 16.6 Å². The highest BCUT2D eigenvalue weighted by Gasteiger charge is 2.44. The predicted octanol–water partition coefficient (Wildman–Crippen LogP) is 5.01. The third-order valence-electron chi connectivity index (χ3n) is 7.70. The van der Waals surface area contributed by atoms with Gasteiger partial charge in [-0.1, -0.05) is 48.5 Å². The van der Waals surface area contributed by atoms with Crippen LogP contribution < -0.4 is 15.0 Å². The summed E-state index contributed by atoms with van der Waals surface area (Å²) in [6.45, 7) is 0.144. The van der Waals surface area contributed by atoms with Gasteiger partial charge in [-0.3, -0.25) is 14.8 Å². The molecule has 7 heteroatoms. The Morgan fingerprint density at radius 2 is 1.73 bits per heavy atom. The summed E-state index contributed by atoms with van der Waals surface area (Å²) in [6.07, 6.45) is 1.00. The Morgan fingerprint density at radius 1 is 0.946 bits per heavy atom. The lowest BCUT2D eigenvalue weighted by Gasteiger charge is -2.39. The lowest BCUT2D eigenvalue weighted by molar-refractivity contribution is -0.116. The van der Waals surface area contributed by atoms with Crippen molar-refractivity contribution in [1.82, 2.24) is 9.55 Å².